The minimum absolute atomic E-state index is 0.861. The predicted octanol–water partition coefficient (Wildman–Crippen LogP) is 1.53. The molecule has 8 nitrogen and oxygen atoms in total. The van der Waals surface area contributed by atoms with Gasteiger partial charge in [-0.05, 0) is 51.3 Å². The van der Waals surface area contributed by atoms with Crippen molar-refractivity contribution in [2.45, 2.75) is 32.6 Å². The van der Waals surface area contributed by atoms with E-state index < -0.39 is 0 Å². The van der Waals surface area contributed by atoms with Crippen LogP contribution in [0.2, 0.25) is 0 Å². The number of fused-ring (bicyclic) bond motifs is 1. The molecule has 160 valence electrons. The average molecular weight is 409 g/mol. The lowest BCUT2D eigenvalue weighted by Crippen LogP contribution is -2.48. The third kappa shape index (κ3) is 4.05. The lowest BCUT2D eigenvalue weighted by molar-refractivity contribution is 0.312. The van der Waals surface area contributed by atoms with Crippen molar-refractivity contribution in [1.82, 2.24) is 25.1 Å². The molecule has 0 amide bonds. The fraction of sp³-hybridized carbons (Fsp3) is 0.636. The van der Waals surface area contributed by atoms with E-state index >= 15 is 0 Å². The van der Waals surface area contributed by atoms with E-state index in [-0.39, 0.29) is 0 Å². The SMILES string of the molecule is Cc1cc(N2CCN(C)CC2)nc(N2CCN(c3cc4c(nn3)CCCC4)CC2)n1. The van der Waals surface area contributed by atoms with E-state index in [0.29, 0.717) is 0 Å². The maximum atomic E-state index is 4.94. The second kappa shape index (κ2) is 8.34. The first-order valence-corrected chi connectivity index (χ1v) is 11.3. The summed E-state index contributed by atoms with van der Waals surface area (Å²) in [4.78, 5) is 19.1. The van der Waals surface area contributed by atoms with Crippen LogP contribution in [-0.2, 0) is 12.8 Å². The summed E-state index contributed by atoms with van der Waals surface area (Å²) in [6, 6.07) is 4.39. The largest absolute Gasteiger partial charge is 0.354 e. The molecule has 0 atom stereocenters. The summed E-state index contributed by atoms with van der Waals surface area (Å²) in [5.74, 6) is 2.95. The third-order valence-electron chi connectivity index (χ3n) is 6.60. The van der Waals surface area contributed by atoms with Gasteiger partial charge in [0.15, 0.2) is 5.82 Å². The van der Waals surface area contributed by atoms with Crippen molar-refractivity contribution in [2.24, 2.45) is 0 Å². The molecule has 0 saturated carbocycles. The molecule has 1 aliphatic carbocycles. The molecule has 5 rings (SSSR count). The molecule has 8 heteroatoms. The zero-order valence-corrected chi connectivity index (χ0v) is 18.2. The number of hydrogen-bond acceptors (Lipinski definition) is 8. The molecule has 3 aliphatic rings. The highest BCUT2D eigenvalue weighted by atomic mass is 15.4. The van der Waals surface area contributed by atoms with Crippen molar-refractivity contribution < 1.29 is 0 Å². The number of aromatic nitrogens is 4. The van der Waals surface area contributed by atoms with Crippen molar-refractivity contribution in [3.63, 3.8) is 0 Å². The molecule has 0 bridgehead atoms. The van der Waals surface area contributed by atoms with Gasteiger partial charge in [0, 0.05) is 64.1 Å². The summed E-state index contributed by atoms with van der Waals surface area (Å²) in [5, 5.41) is 9.04. The molecule has 2 fully saturated rings. The van der Waals surface area contributed by atoms with Crippen molar-refractivity contribution in [3.8, 4) is 0 Å². The van der Waals surface area contributed by atoms with Crippen molar-refractivity contribution >= 4 is 17.6 Å². The highest BCUT2D eigenvalue weighted by molar-refractivity contribution is 5.49. The van der Waals surface area contributed by atoms with Gasteiger partial charge in [-0.1, -0.05) is 0 Å². The van der Waals surface area contributed by atoms with Crippen LogP contribution >= 0.6 is 0 Å². The molecular formula is C22H32N8. The van der Waals surface area contributed by atoms with E-state index in [9.17, 15) is 0 Å². The van der Waals surface area contributed by atoms with Gasteiger partial charge in [0.05, 0.1) is 5.69 Å². The summed E-state index contributed by atoms with van der Waals surface area (Å²) in [6.07, 6.45) is 4.74. The lowest BCUT2D eigenvalue weighted by atomic mass is 9.97. The first-order valence-electron chi connectivity index (χ1n) is 11.3. The predicted molar refractivity (Wildman–Crippen MR) is 120 cm³/mol. The summed E-state index contributed by atoms with van der Waals surface area (Å²) >= 11 is 0. The van der Waals surface area contributed by atoms with Crippen molar-refractivity contribution in [1.29, 1.82) is 0 Å². The topological polar surface area (TPSA) is 64.5 Å². The Labute approximate surface area is 178 Å². The van der Waals surface area contributed by atoms with Crippen molar-refractivity contribution in [2.75, 3.05) is 74.1 Å². The first-order chi connectivity index (χ1) is 14.7. The molecule has 2 aromatic heterocycles. The Hall–Kier alpha value is -2.48. The Kier molecular flexibility index (Phi) is 5.41. The zero-order valence-electron chi connectivity index (χ0n) is 18.2. The molecule has 0 spiro atoms. The molecule has 0 unspecified atom stereocenters. The summed E-state index contributed by atoms with van der Waals surface area (Å²) in [5.41, 5.74) is 3.64. The molecule has 0 N–H and O–H groups in total. The van der Waals surface area contributed by atoms with Crippen molar-refractivity contribution in [3.05, 3.63) is 29.1 Å². The fourth-order valence-electron chi connectivity index (χ4n) is 4.64. The van der Waals surface area contributed by atoms with Crippen LogP contribution in [0.15, 0.2) is 12.1 Å². The van der Waals surface area contributed by atoms with Crippen LogP contribution in [0.1, 0.15) is 29.8 Å². The zero-order chi connectivity index (χ0) is 20.5. The second-order valence-corrected chi connectivity index (χ2v) is 8.81. The van der Waals surface area contributed by atoms with Gasteiger partial charge in [-0.3, -0.25) is 0 Å². The van der Waals surface area contributed by atoms with Gasteiger partial charge in [-0.15, -0.1) is 5.10 Å². The highest BCUT2D eigenvalue weighted by Crippen LogP contribution is 2.24. The van der Waals surface area contributed by atoms with Gasteiger partial charge in [-0.2, -0.15) is 10.1 Å². The fourth-order valence-corrected chi connectivity index (χ4v) is 4.64. The lowest BCUT2D eigenvalue weighted by Gasteiger charge is -2.37. The van der Waals surface area contributed by atoms with Gasteiger partial charge >= 0.3 is 0 Å². The van der Waals surface area contributed by atoms with Crippen LogP contribution in [0.4, 0.5) is 17.6 Å². The van der Waals surface area contributed by atoms with E-state index in [4.69, 9.17) is 9.97 Å². The number of nitrogens with zero attached hydrogens (tertiary/aromatic N) is 8. The maximum absolute atomic E-state index is 4.94. The summed E-state index contributed by atoms with van der Waals surface area (Å²) < 4.78 is 0. The number of hydrogen-bond donors (Lipinski definition) is 0. The summed E-state index contributed by atoms with van der Waals surface area (Å²) in [6.45, 7) is 9.95. The molecule has 30 heavy (non-hydrogen) atoms. The van der Waals surface area contributed by atoms with Crippen LogP contribution in [0, 0.1) is 6.92 Å². The van der Waals surface area contributed by atoms with Crippen LogP contribution in [-0.4, -0.2) is 84.5 Å². The average Bonchev–Trinajstić information content (AvgIpc) is 2.79. The number of piperazine rings is 2. The smallest absolute Gasteiger partial charge is 0.227 e. The Morgan fingerprint density at radius 2 is 1.37 bits per heavy atom. The Morgan fingerprint density at radius 1 is 0.700 bits per heavy atom. The minimum atomic E-state index is 0.861. The van der Waals surface area contributed by atoms with E-state index in [1.54, 1.807) is 0 Å². The first kappa shape index (κ1) is 19.5. The Morgan fingerprint density at radius 3 is 2.17 bits per heavy atom. The third-order valence-corrected chi connectivity index (χ3v) is 6.60. The van der Waals surface area contributed by atoms with Gasteiger partial charge in [-0.25, -0.2) is 4.98 Å². The minimum Gasteiger partial charge on any atom is -0.354 e. The highest BCUT2D eigenvalue weighted by Gasteiger charge is 2.23. The van der Waals surface area contributed by atoms with E-state index in [0.717, 1.165) is 88.5 Å². The number of anilines is 3. The molecule has 0 aromatic carbocycles. The number of rotatable bonds is 3. The Bertz CT molecular complexity index is 885. The standard InChI is InChI=1S/C22H32N8/c1-17-15-20(28-9-7-27(2)8-10-28)24-22(23-17)30-13-11-29(12-14-30)21-16-18-5-3-4-6-19(18)25-26-21/h15-16H,3-14H2,1-2H3. The van der Waals surface area contributed by atoms with Crippen LogP contribution in [0.5, 0.6) is 0 Å². The van der Waals surface area contributed by atoms with Gasteiger partial charge < -0.3 is 19.6 Å². The van der Waals surface area contributed by atoms with Crippen LogP contribution in [0.25, 0.3) is 0 Å². The van der Waals surface area contributed by atoms with E-state index in [1.807, 2.05) is 0 Å². The normalized spacial score (nSPS) is 20.4. The molecule has 0 radical (unpaired) electrons. The van der Waals surface area contributed by atoms with Crippen LogP contribution < -0.4 is 14.7 Å². The van der Waals surface area contributed by atoms with Gasteiger partial charge in [0.2, 0.25) is 5.95 Å². The van der Waals surface area contributed by atoms with Crippen LogP contribution in [0.3, 0.4) is 0 Å². The summed E-state index contributed by atoms with van der Waals surface area (Å²) in [7, 11) is 2.18. The number of aryl methyl sites for hydroxylation is 3. The van der Waals surface area contributed by atoms with Gasteiger partial charge in [0.1, 0.15) is 5.82 Å². The number of likely N-dealkylation sites (N-methyl/N-ethyl adjacent to an activating group) is 1. The molecule has 4 heterocycles. The maximum Gasteiger partial charge on any atom is 0.227 e. The van der Waals surface area contributed by atoms with Gasteiger partial charge in [0.25, 0.3) is 0 Å². The second-order valence-electron chi connectivity index (χ2n) is 8.81. The molecule has 2 aromatic rings. The van der Waals surface area contributed by atoms with E-state index in [2.05, 4.69) is 55.9 Å². The Balaban J connectivity index is 1.26. The van der Waals surface area contributed by atoms with E-state index in [1.165, 1.54) is 24.1 Å². The molecule has 2 saturated heterocycles. The molecule has 2 aliphatic heterocycles. The quantitative estimate of drug-likeness (QED) is 0.758. The monoisotopic (exact) mass is 408 g/mol. The molecular weight excluding hydrogens is 376 g/mol.